The van der Waals surface area contributed by atoms with Crippen LogP contribution in [-0.4, -0.2) is 11.1 Å². The summed E-state index contributed by atoms with van der Waals surface area (Å²) in [5, 5.41) is 0. The number of rotatable bonds is 3. The Hall–Kier alpha value is -1.09. The molecule has 0 atom stereocenters. The number of aryl methyl sites for hydroxylation is 1. The first-order valence-electron chi connectivity index (χ1n) is 6.24. The molecule has 0 spiro atoms. The molecule has 0 aromatic heterocycles. The lowest BCUT2D eigenvalue weighted by molar-refractivity contribution is 0.154. The van der Waals surface area contributed by atoms with Gasteiger partial charge >= 0.3 is 0 Å². The summed E-state index contributed by atoms with van der Waals surface area (Å²) in [5.41, 5.74) is 7.76. The van der Waals surface area contributed by atoms with Crippen LogP contribution in [0.25, 0.3) is 0 Å². The Balaban J connectivity index is 2.17. The van der Waals surface area contributed by atoms with E-state index >= 15 is 0 Å². The molecule has 1 fully saturated rings. The van der Waals surface area contributed by atoms with Crippen molar-refractivity contribution in [1.29, 1.82) is 0 Å². The van der Waals surface area contributed by atoms with Gasteiger partial charge in [-0.3, -0.25) is 0 Å². The second kappa shape index (κ2) is 5.50. The maximum atomic E-state index is 6.06. The van der Waals surface area contributed by atoms with Gasteiger partial charge in [0, 0.05) is 0 Å². The normalized spacial score (nSPS) is 16.8. The van der Waals surface area contributed by atoms with Crippen molar-refractivity contribution < 1.29 is 4.74 Å². The molecule has 1 saturated carbocycles. The van der Waals surface area contributed by atoms with E-state index in [1.54, 1.807) is 0 Å². The summed E-state index contributed by atoms with van der Waals surface area (Å²) in [6, 6.07) is 6.00. The molecule has 0 radical (unpaired) electrons. The van der Waals surface area contributed by atoms with Gasteiger partial charge in [-0.15, -0.1) is 0 Å². The summed E-state index contributed by atoms with van der Waals surface area (Å²) in [4.78, 5) is 0.413. The van der Waals surface area contributed by atoms with E-state index in [0.29, 0.717) is 11.1 Å². The number of thiocarbonyl (C=S) groups is 1. The zero-order valence-corrected chi connectivity index (χ0v) is 11.1. The van der Waals surface area contributed by atoms with Crippen molar-refractivity contribution in [2.24, 2.45) is 5.73 Å². The predicted molar refractivity (Wildman–Crippen MR) is 74.6 cm³/mol. The van der Waals surface area contributed by atoms with Crippen molar-refractivity contribution in [2.75, 3.05) is 0 Å². The molecule has 2 rings (SSSR count). The predicted octanol–water partition coefficient (Wildman–Crippen LogP) is 3.34. The molecule has 0 heterocycles. The number of hydrogen-bond acceptors (Lipinski definition) is 2. The van der Waals surface area contributed by atoms with Crippen molar-refractivity contribution in [3.8, 4) is 5.75 Å². The average Bonchev–Trinajstić information content (AvgIpc) is 2.30. The van der Waals surface area contributed by atoms with Gasteiger partial charge < -0.3 is 10.5 Å². The van der Waals surface area contributed by atoms with Crippen molar-refractivity contribution in [2.45, 2.75) is 45.1 Å². The fraction of sp³-hybridized carbons (Fsp3) is 0.500. The van der Waals surface area contributed by atoms with E-state index < -0.39 is 0 Å². The molecule has 0 unspecified atom stereocenters. The second-order valence-corrected chi connectivity index (χ2v) is 5.18. The van der Waals surface area contributed by atoms with Gasteiger partial charge in [-0.05, 0) is 50.3 Å². The Morgan fingerprint density at radius 2 is 2.00 bits per heavy atom. The highest BCUT2D eigenvalue weighted by Gasteiger charge is 2.17. The molecular formula is C14H19NOS. The van der Waals surface area contributed by atoms with Gasteiger partial charge in [0.1, 0.15) is 10.7 Å². The first-order valence-corrected chi connectivity index (χ1v) is 6.65. The fourth-order valence-corrected chi connectivity index (χ4v) is 2.46. The minimum absolute atomic E-state index is 0.332. The Morgan fingerprint density at radius 3 is 2.65 bits per heavy atom. The highest BCUT2D eigenvalue weighted by molar-refractivity contribution is 7.80. The maximum absolute atomic E-state index is 6.06. The summed E-state index contributed by atoms with van der Waals surface area (Å²) < 4.78 is 6.06. The number of nitrogens with two attached hydrogens (primary N) is 1. The van der Waals surface area contributed by atoms with Crippen LogP contribution in [0.3, 0.4) is 0 Å². The molecule has 1 aromatic rings. The second-order valence-electron chi connectivity index (χ2n) is 4.74. The van der Waals surface area contributed by atoms with E-state index in [1.807, 2.05) is 18.2 Å². The van der Waals surface area contributed by atoms with Gasteiger partial charge in [0.05, 0.1) is 11.7 Å². The minimum atomic E-state index is 0.332. The Morgan fingerprint density at radius 1 is 1.29 bits per heavy atom. The Labute approximate surface area is 108 Å². The zero-order chi connectivity index (χ0) is 12.3. The lowest BCUT2D eigenvalue weighted by Gasteiger charge is -2.24. The maximum Gasteiger partial charge on any atom is 0.130 e. The van der Waals surface area contributed by atoms with E-state index in [2.05, 4.69) is 6.92 Å². The molecule has 0 saturated heterocycles. The summed E-state index contributed by atoms with van der Waals surface area (Å²) in [6.45, 7) is 2.05. The van der Waals surface area contributed by atoms with Crippen LogP contribution < -0.4 is 10.5 Å². The van der Waals surface area contributed by atoms with Crippen LogP contribution in [0.1, 0.15) is 43.2 Å². The first-order chi connectivity index (χ1) is 8.16. The van der Waals surface area contributed by atoms with E-state index in [9.17, 15) is 0 Å². The molecular weight excluding hydrogens is 230 g/mol. The van der Waals surface area contributed by atoms with Crippen LogP contribution in [0.15, 0.2) is 18.2 Å². The molecule has 1 aromatic carbocycles. The van der Waals surface area contributed by atoms with Crippen molar-refractivity contribution in [1.82, 2.24) is 0 Å². The molecule has 1 aliphatic carbocycles. The van der Waals surface area contributed by atoms with Gasteiger partial charge in [0.15, 0.2) is 0 Å². The zero-order valence-electron chi connectivity index (χ0n) is 10.2. The molecule has 3 heteroatoms. The monoisotopic (exact) mass is 249 g/mol. The van der Waals surface area contributed by atoms with Crippen LogP contribution in [0, 0.1) is 6.92 Å². The third-order valence-electron chi connectivity index (χ3n) is 3.25. The molecule has 92 valence electrons. The summed E-state index contributed by atoms with van der Waals surface area (Å²) in [6.07, 6.45) is 6.47. The number of benzene rings is 1. The van der Waals surface area contributed by atoms with Gasteiger partial charge in [0.25, 0.3) is 0 Å². The molecule has 0 bridgehead atoms. The Bertz CT molecular complexity index is 411. The quantitative estimate of drug-likeness (QED) is 0.834. The first kappa shape index (κ1) is 12.4. The van der Waals surface area contributed by atoms with Gasteiger partial charge in [0.2, 0.25) is 0 Å². The highest BCUT2D eigenvalue weighted by atomic mass is 32.1. The van der Waals surface area contributed by atoms with Crippen molar-refractivity contribution >= 4 is 17.2 Å². The van der Waals surface area contributed by atoms with Crippen LogP contribution in [0.4, 0.5) is 0 Å². The molecule has 1 aliphatic rings. The SMILES string of the molecule is Cc1ccc(C(N)=S)c(OC2CCCCC2)c1. The lowest BCUT2D eigenvalue weighted by atomic mass is 9.97. The summed E-state index contributed by atoms with van der Waals surface area (Å²) >= 11 is 5.06. The molecule has 0 aliphatic heterocycles. The average molecular weight is 249 g/mol. The van der Waals surface area contributed by atoms with Crippen LogP contribution >= 0.6 is 12.2 Å². The third kappa shape index (κ3) is 3.19. The van der Waals surface area contributed by atoms with E-state index in [-0.39, 0.29) is 0 Å². The largest absolute Gasteiger partial charge is 0.490 e. The smallest absolute Gasteiger partial charge is 0.130 e. The summed E-state index contributed by atoms with van der Waals surface area (Å²) in [5.74, 6) is 0.851. The standard InChI is InChI=1S/C14H19NOS/c1-10-7-8-12(14(15)17)13(9-10)16-11-5-3-2-4-6-11/h7-9,11H,2-6H2,1H3,(H2,15,17). The molecule has 2 N–H and O–H groups in total. The van der Waals surface area contributed by atoms with Crippen LogP contribution in [0.5, 0.6) is 5.75 Å². The van der Waals surface area contributed by atoms with Crippen LogP contribution in [-0.2, 0) is 0 Å². The topological polar surface area (TPSA) is 35.2 Å². The molecule has 0 amide bonds. The van der Waals surface area contributed by atoms with E-state index in [4.69, 9.17) is 22.7 Å². The minimum Gasteiger partial charge on any atom is -0.490 e. The van der Waals surface area contributed by atoms with E-state index in [1.165, 1.54) is 24.8 Å². The molecule has 2 nitrogen and oxygen atoms in total. The molecule has 17 heavy (non-hydrogen) atoms. The van der Waals surface area contributed by atoms with Crippen molar-refractivity contribution in [3.63, 3.8) is 0 Å². The third-order valence-corrected chi connectivity index (χ3v) is 3.47. The van der Waals surface area contributed by atoms with Gasteiger partial charge in [-0.1, -0.05) is 24.7 Å². The lowest BCUT2D eigenvalue weighted by Crippen LogP contribution is -2.21. The van der Waals surface area contributed by atoms with Gasteiger partial charge in [-0.25, -0.2) is 0 Å². The number of hydrogen-bond donors (Lipinski definition) is 1. The number of ether oxygens (including phenoxy) is 1. The van der Waals surface area contributed by atoms with Gasteiger partial charge in [-0.2, -0.15) is 0 Å². The van der Waals surface area contributed by atoms with Crippen LogP contribution in [0.2, 0.25) is 0 Å². The van der Waals surface area contributed by atoms with Crippen molar-refractivity contribution in [3.05, 3.63) is 29.3 Å². The highest BCUT2D eigenvalue weighted by Crippen LogP contribution is 2.26. The Kier molecular flexibility index (Phi) is 4.00. The summed E-state index contributed by atoms with van der Waals surface area (Å²) in [7, 11) is 0. The fourth-order valence-electron chi connectivity index (χ4n) is 2.29. The van der Waals surface area contributed by atoms with E-state index in [0.717, 1.165) is 24.2 Å².